The second-order valence-electron chi connectivity index (χ2n) is 9.68. The molecule has 0 radical (unpaired) electrons. The number of rotatable bonds is 9. The third-order valence-electron chi connectivity index (χ3n) is 5.87. The van der Waals surface area contributed by atoms with Crippen LogP contribution in [-0.4, -0.2) is 50.8 Å². The predicted octanol–water partition coefficient (Wildman–Crippen LogP) is 5.18. The highest BCUT2D eigenvalue weighted by molar-refractivity contribution is 7.99. The lowest BCUT2D eigenvalue weighted by molar-refractivity contribution is -0.118. The Morgan fingerprint density at radius 2 is 1.67 bits per heavy atom. The molecule has 0 atom stereocenters. The Morgan fingerprint density at radius 3 is 2.26 bits per heavy atom. The topological polar surface area (TPSA) is 119 Å². The van der Waals surface area contributed by atoms with Gasteiger partial charge in [-0.1, -0.05) is 68.9 Å². The van der Waals surface area contributed by atoms with Gasteiger partial charge in [0, 0.05) is 11.3 Å². The van der Waals surface area contributed by atoms with Crippen LogP contribution in [0.25, 0.3) is 17.1 Å². The van der Waals surface area contributed by atoms with Gasteiger partial charge in [-0.05, 0) is 52.9 Å². The number of carbonyl (C=O) groups is 2. The van der Waals surface area contributed by atoms with Crippen molar-refractivity contribution in [3.05, 3.63) is 89.5 Å². The smallest absolute Gasteiger partial charge is 0.335 e. The van der Waals surface area contributed by atoms with Gasteiger partial charge < -0.3 is 9.84 Å². The van der Waals surface area contributed by atoms with Crippen LogP contribution in [0.1, 0.15) is 42.3 Å². The van der Waals surface area contributed by atoms with E-state index in [-0.39, 0.29) is 22.6 Å². The van der Waals surface area contributed by atoms with Crippen molar-refractivity contribution in [1.29, 1.82) is 0 Å². The van der Waals surface area contributed by atoms with Crippen molar-refractivity contribution < 1.29 is 19.4 Å². The summed E-state index contributed by atoms with van der Waals surface area (Å²) in [7, 11) is 1.61. The lowest BCUT2D eigenvalue weighted by Crippen LogP contribution is -2.20. The number of carboxylic acids is 1. The van der Waals surface area contributed by atoms with Crippen molar-refractivity contribution in [1.82, 2.24) is 20.2 Å². The summed E-state index contributed by atoms with van der Waals surface area (Å²) in [5, 5.41) is 22.3. The molecular weight excluding hydrogens is 514 g/mol. The molecule has 4 rings (SSSR count). The molecule has 0 aliphatic rings. The van der Waals surface area contributed by atoms with Crippen molar-refractivity contribution in [2.75, 3.05) is 12.9 Å². The number of aromatic nitrogens is 3. The number of benzene rings is 3. The number of hydrogen-bond acceptors (Lipinski definition) is 7. The van der Waals surface area contributed by atoms with Gasteiger partial charge in [0.1, 0.15) is 5.75 Å². The summed E-state index contributed by atoms with van der Waals surface area (Å²) in [5.41, 5.74) is 6.31. The van der Waals surface area contributed by atoms with E-state index in [4.69, 9.17) is 9.84 Å². The predicted molar refractivity (Wildman–Crippen MR) is 152 cm³/mol. The van der Waals surface area contributed by atoms with Gasteiger partial charge in [0.25, 0.3) is 5.91 Å². The van der Waals surface area contributed by atoms with Crippen LogP contribution >= 0.6 is 11.8 Å². The second kappa shape index (κ2) is 12.0. The van der Waals surface area contributed by atoms with Crippen LogP contribution in [0.3, 0.4) is 0 Å². The lowest BCUT2D eigenvalue weighted by atomic mass is 9.87. The maximum absolute atomic E-state index is 12.5. The number of hydrazone groups is 1. The molecule has 39 heavy (non-hydrogen) atoms. The number of carboxylic acid groups (broad SMARTS) is 1. The molecule has 0 spiro atoms. The standard InChI is InChI=1S/C29H29N5O4S/c1-29(2,3)22-11-9-20(10-12-22)26-32-33-28(34(26)23-13-15-24(38-4)16-14-23)39-18-25(35)31-30-17-19-5-7-21(8-6-19)27(36)37/h5-17H,18H2,1-4H3,(H,31,35)(H,36,37)/b30-17+. The quantitative estimate of drug-likeness (QED) is 0.170. The number of thioether (sulfide) groups is 1. The van der Waals surface area contributed by atoms with Crippen LogP contribution in [0.4, 0.5) is 0 Å². The number of hydrogen-bond donors (Lipinski definition) is 2. The molecule has 0 unspecified atom stereocenters. The molecule has 10 heteroatoms. The first-order chi connectivity index (χ1) is 18.7. The van der Waals surface area contributed by atoms with Gasteiger partial charge in [-0.15, -0.1) is 10.2 Å². The van der Waals surface area contributed by atoms with Gasteiger partial charge in [0.2, 0.25) is 0 Å². The zero-order valence-corrected chi connectivity index (χ0v) is 22.9. The molecule has 2 N–H and O–H groups in total. The molecule has 1 amide bonds. The van der Waals surface area contributed by atoms with Crippen molar-refractivity contribution in [2.45, 2.75) is 31.3 Å². The van der Waals surface area contributed by atoms with Gasteiger partial charge in [-0.25, -0.2) is 10.2 Å². The monoisotopic (exact) mass is 543 g/mol. The summed E-state index contributed by atoms with van der Waals surface area (Å²) in [5.74, 6) is 0.125. The van der Waals surface area contributed by atoms with E-state index in [0.29, 0.717) is 16.5 Å². The summed E-state index contributed by atoms with van der Waals surface area (Å²) in [4.78, 5) is 23.5. The molecule has 1 heterocycles. The number of aromatic carboxylic acids is 1. The molecule has 0 saturated carbocycles. The number of methoxy groups -OCH3 is 1. The molecule has 9 nitrogen and oxygen atoms in total. The van der Waals surface area contributed by atoms with Gasteiger partial charge >= 0.3 is 5.97 Å². The van der Waals surface area contributed by atoms with Crippen LogP contribution in [0.2, 0.25) is 0 Å². The van der Waals surface area contributed by atoms with Crippen LogP contribution in [0.15, 0.2) is 83.1 Å². The first-order valence-corrected chi connectivity index (χ1v) is 13.1. The Kier molecular flexibility index (Phi) is 8.46. The second-order valence-corrected chi connectivity index (χ2v) is 10.6. The highest BCUT2D eigenvalue weighted by atomic mass is 32.2. The summed E-state index contributed by atoms with van der Waals surface area (Å²) in [6.07, 6.45) is 1.45. The first-order valence-electron chi connectivity index (χ1n) is 12.1. The van der Waals surface area contributed by atoms with Crippen molar-refractivity contribution in [3.63, 3.8) is 0 Å². The molecule has 0 fully saturated rings. The molecule has 3 aromatic carbocycles. The van der Waals surface area contributed by atoms with E-state index in [1.165, 1.54) is 35.7 Å². The van der Waals surface area contributed by atoms with E-state index in [2.05, 4.69) is 53.6 Å². The van der Waals surface area contributed by atoms with E-state index >= 15 is 0 Å². The van der Waals surface area contributed by atoms with Crippen LogP contribution in [-0.2, 0) is 10.2 Å². The third-order valence-corrected chi connectivity index (χ3v) is 6.79. The maximum atomic E-state index is 12.5. The molecule has 0 aliphatic heterocycles. The van der Waals surface area contributed by atoms with Crippen molar-refractivity contribution >= 4 is 29.9 Å². The highest BCUT2D eigenvalue weighted by Gasteiger charge is 2.19. The summed E-state index contributed by atoms with van der Waals surface area (Å²) in [6.45, 7) is 6.50. The average Bonchev–Trinajstić information content (AvgIpc) is 3.36. The fourth-order valence-corrected chi connectivity index (χ4v) is 4.43. The zero-order valence-electron chi connectivity index (χ0n) is 22.1. The summed E-state index contributed by atoms with van der Waals surface area (Å²) >= 11 is 1.24. The lowest BCUT2D eigenvalue weighted by Gasteiger charge is -2.19. The SMILES string of the molecule is COc1ccc(-n2c(SCC(=O)N/N=C/c3ccc(C(=O)O)cc3)nnc2-c2ccc(C(C)(C)C)cc2)cc1. The van der Waals surface area contributed by atoms with Gasteiger partial charge in [0.15, 0.2) is 11.0 Å². The van der Waals surface area contributed by atoms with Crippen LogP contribution < -0.4 is 10.2 Å². The number of nitrogens with one attached hydrogen (secondary N) is 1. The average molecular weight is 544 g/mol. The largest absolute Gasteiger partial charge is 0.497 e. The van der Waals surface area contributed by atoms with Crippen LogP contribution in [0.5, 0.6) is 5.75 Å². The minimum absolute atomic E-state index is 0.0287. The molecular formula is C29H29N5O4S. The van der Waals surface area contributed by atoms with Crippen LogP contribution in [0, 0.1) is 0 Å². The van der Waals surface area contributed by atoms with Crippen molar-refractivity contribution in [3.8, 4) is 22.8 Å². The molecule has 0 aliphatic carbocycles. The number of carbonyl (C=O) groups excluding carboxylic acids is 1. The van der Waals surface area contributed by atoms with E-state index < -0.39 is 5.97 Å². The van der Waals surface area contributed by atoms with Gasteiger partial charge in [-0.2, -0.15) is 5.10 Å². The fourth-order valence-electron chi connectivity index (χ4n) is 3.69. The maximum Gasteiger partial charge on any atom is 0.335 e. The fraction of sp³-hybridized carbons (Fsp3) is 0.207. The Morgan fingerprint density at radius 1 is 1.00 bits per heavy atom. The Hall–Kier alpha value is -4.44. The summed E-state index contributed by atoms with van der Waals surface area (Å²) in [6, 6.07) is 22.0. The number of amides is 1. The van der Waals surface area contributed by atoms with Gasteiger partial charge in [-0.3, -0.25) is 9.36 Å². The Bertz CT molecular complexity index is 1470. The normalized spacial score (nSPS) is 11.5. The zero-order chi connectivity index (χ0) is 28.0. The highest BCUT2D eigenvalue weighted by Crippen LogP contribution is 2.30. The Balaban J connectivity index is 1.51. The molecule has 4 aromatic rings. The molecule has 0 saturated heterocycles. The van der Waals surface area contributed by atoms with E-state index in [1.54, 1.807) is 19.2 Å². The number of ether oxygens (including phenoxy) is 1. The third kappa shape index (κ3) is 6.91. The molecule has 1 aromatic heterocycles. The summed E-state index contributed by atoms with van der Waals surface area (Å²) < 4.78 is 7.22. The van der Waals surface area contributed by atoms with Crippen molar-refractivity contribution in [2.24, 2.45) is 5.10 Å². The number of nitrogens with zero attached hydrogens (tertiary/aromatic N) is 4. The minimum atomic E-state index is -1.00. The minimum Gasteiger partial charge on any atom is -0.497 e. The van der Waals surface area contributed by atoms with E-state index in [0.717, 1.165) is 17.0 Å². The van der Waals surface area contributed by atoms with E-state index in [9.17, 15) is 9.59 Å². The van der Waals surface area contributed by atoms with Gasteiger partial charge in [0.05, 0.1) is 24.6 Å². The first kappa shape index (κ1) is 27.6. The molecule has 200 valence electrons. The van der Waals surface area contributed by atoms with E-state index in [1.807, 2.05) is 41.0 Å². The Labute approximate surface area is 230 Å². The molecule has 0 bridgehead atoms.